The maximum atomic E-state index is 13.1. The molecule has 0 spiro atoms. The van der Waals surface area contributed by atoms with Crippen LogP contribution in [0.5, 0.6) is 5.75 Å². The number of amides is 2. The Morgan fingerprint density at radius 1 is 1.10 bits per heavy atom. The van der Waals surface area contributed by atoms with Crippen LogP contribution in [0.4, 0.5) is 0 Å². The van der Waals surface area contributed by atoms with Crippen molar-refractivity contribution >= 4 is 11.8 Å². The van der Waals surface area contributed by atoms with Crippen LogP contribution in [0, 0.1) is 0 Å². The molecular formula is C23H27N3O3. The zero-order valence-corrected chi connectivity index (χ0v) is 16.5. The number of hydrogen-bond donors (Lipinski definition) is 1. The van der Waals surface area contributed by atoms with Crippen LogP contribution in [0.3, 0.4) is 0 Å². The molecule has 0 aliphatic carbocycles. The molecule has 1 atom stereocenters. The summed E-state index contributed by atoms with van der Waals surface area (Å²) in [7, 11) is 0. The van der Waals surface area contributed by atoms with E-state index in [0.717, 1.165) is 31.5 Å². The molecule has 2 amide bonds. The van der Waals surface area contributed by atoms with Crippen LogP contribution in [-0.4, -0.2) is 60.4 Å². The lowest BCUT2D eigenvalue weighted by molar-refractivity contribution is -0.135. The standard InChI is InChI=1S/C23H27N3O3/c27-22-15-24-11-13-26(22)20-9-5-12-25(16-20)23(28)19-8-4-10-21(14-19)29-17-18-6-2-1-3-7-18/h1-4,6-8,10,14,20,24H,5,9,11-13,15-17H2. The van der Waals surface area contributed by atoms with Gasteiger partial charge in [0.15, 0.2) is 0 Å². The largest absolute Gasteiger partial charge is 0.489 e. The predicted octanol–water partition coefficient (Wildman–Crippen LogP) is 2.30. The minimum atomic E-state index is 0.00226. The molecule has 6 heteroatoms. The summed E-state index contributed by atoms with van der Waals surface area (Å²) in [4.78, 5) is 29.1. The van der Waals surface area contributed by atoms with Crippen LogP contribution in [0.15, 0.2) is 54.6 Å². The number of rotatable bonds is 5. The molecule has 2 saturated heterocycles. The second kappa shape index (κ2) is 9.09. The average molecular weight is 393 g/mol. The lowest BCUT2D eigenvalue weighted by Crippen LogP contribution is -2.57. The van der Waals surface area contributed by atoms with Gasteiger partial charge in [0, 0.05) is 37.8 Å². The maximum absolute atomic E-state index is 13.1. The SMILES string of the molecule is O=C(c1cccc(OCc2ccccc2)c1)N1CCCC(N2CCNCC2=O)C1. The van der Waals surface area contributed by atoms with Crippen LogP contribution in [-0.2, 0) is 11.4 Å². The molecule has 2 fully saturated rings. The van der Waals surface area contributed by atoms with Crippen molar-refractivity contribution in [1.29, 1.82) is 0 Å². The molecule has 2 aromatic carbocycles. The number of carbonyl (C=O) groups is 2. The molecule has 0 aromatic heterocycles. The highest BCUT2D eigenvalue weighted by molar-refractivity contribution is 5.94. The minimum Gasteiger partial charge on any atom is -0.489 e. The van der Waals surface area contributed by atoms with Crippen LogP contribution in [0.25, 0.3) is 0 Å². The van der Waals surface area contributed by atoms with Gasteiger partial charge in [0.1, 0.15) is 12.4 Å². The van der Waals surface area contributed by atoms with Crippen molar-refractivity contribution in [3.63, 3.8) is 0 Å². The van der Waals surface area contributed by atoms with Crippen LogP contribution >= 0.6 is 0 Å². The third kappa shape index (κ3) is 4.77. The van der Waals surface area contributed by atoms with Gasteiger partial charge in [-0.3, -0.25) is 9.59 Å². The molecule has 6 nitrogen and oxygen atoms in total. The first-order valence-corrected chi connectivity index (χ1v) is 10.3. The summed E-state index contributed by atoms with van der Waals surface area (Å²) in [5, 5.41) is 3.11. The predicted molar refractivity (Wildman–Crippen MR) is 111 cm³/mol. The zero-order chi connectivity index (χ0) is 20.1. The van der Waals surface area contributed by atoms with E-state index < -0.39 is 0 Å². The molecule has 0 saturated carbocycles. The monoisotopic (exact) mass is 393 g/mol. The minimum absolute atomic E-state index is 0.00226. The van der Waals surface area contributed by atoms with Gasteiger partial charge < -0.3 is 19.9 Å². The highest BCUT2D eigenvalue weighted by atomic mass is 16.5. The Morgan fingerprint density at radius 2 is 1.97 bits per heavy atom. The fourth-order valence-corrected chi connectivity index (χ4v) is 4.04. The second-order valence-corrected chi connectivity index (χ2v) is 7.61. The number of carbonyl (C=O) groups excluding carboxylic acids is 2. The summed E-state index contributed by atoms with van der Waals surface area (Å²) in [6.07, 6.45) is 1.87. The van der Waals surface area contributed by atoms with Gasteiger partial charge in [-0.2, -0.15) is 0 Å². The molecule has 1 N–H and O–H groups in total. The molecular weight excluding hydrogens is 366 g/mol. The molecule has 1 unspecified atom stereocenters. The summed E-state index contributed by atoms with van der Waals surface area (Å²) in [5.41, 5.74) is 1.71. The first kappa shape index (κ1) is 19.5. The van der Waals surface area contributed by atoms with Gasteiger partial charge in [0.05, 0.1) is 6.54 Å². The molecule has 2 aliphatic heterocycles. The lowest BCUT2D eigenvalue weighted by atomic mass is 10.0. The van der Waals surface area contributed by atoms with Crippen molar-refractivity contribution in [2.45, 2.75) is 25.5 Å². The lowest BCUT2D eigenvalue weighted by Gasteiger charge is -2.41. The molecule has 2 aliphatic rings. The van der Waals surface area contributed by atoms with Crippen molar-refractivity contribution in [1.82, 2.24) is 15.1 Å². The third-order valence-electron chi connectivity index (χ3n) is 5.58. The number of likely N-dealkylation sites (tertiary alicyclic amines) is 1. The molecule has 4 rings (SSSR count). The molecule has 152 valence electrons. The van der Waals surface area contributed by atoms with E-state index >= 15 is 0 Å². The summed E-state index contributed by atoms with van der Waals surface area (Å²) in [6.45, 7) is 3.72. The van der Waals surface area contributed by atoms with E-state index in [-0.39, 0.29) is 17.9 Å². The first-order chi connectivity index (χ1) is 14.2. The molecule has 0 bridgehead atoms. The van der Waals surface area contributed by atoms with Crippen LogP contribution in [0.2, 0.25) is 0 Å². The van der Waals surface area contributed by atoms with Gasteiger partial charge in [0.25, 0.3) is 5.91 Å². The Balaban J connectivity index is 1.40. The topological polar surface area (TPSA) is 61.9 Å². The number of hydrogen-bond acceptors (Lipinski definition) is 4. The van der Waals surface area contributed by atoms with Crippen LogP contribution < -0.4 is 10.1 Å². The highest BCUT2D eigenvalue weighted by Gasteiger charge is 2.31. The molecule has 29 heavy (non-hydrogen) atoms. The van der Waals surface area contributed by atoms with E-state index in [1.54, 1.807) is 0 Å². The Morgan fingerprint density at radius 3 is 2.79 bits per heavy atom. The first-order valence-electron chi connectivity index (χ1n) is 10.3. The van der Waals surface area contributed by atoms with Gasteiger partial charge in [0.2, 0.25) is 5.91 Å². The molecule has 2 aromatic rings. The smallest absolute Gasteiger partial charge is 0.254 e. The summed E-state index contributed by atoms with van der Waals surface area (Å²) < 4.78 is 5.87. The van der Waals surface area contributed by atoms with E-state index in [0.29, 0.717) is 37.6 Å². The summed E-state index contributed by atoms with van der Waals surface area (Å²) in [5.74, 6) is 0.819. The highest BCUT2D eigenvalue weighted by Crippen LogP contribution is 2.21. The van der Waals surface area contributed by atoms with Crippen LogP contribution in [0.1, 0.15) is 28.8 Å². The molecule has 0 radical (unpaired) electrons. The molecule has 2 heterocycles. The van der Waals surface area contributed by atoms with Gasteiger partial charge in [-0.25, -0.2) is 0 Å². The summed E-state index contributed by atoms with van der Waals surface area (Å²) >= 11 is 0. The van der Waals surface area contributed by atoms with E-state index in [9.17, 15) is 9.59 Å². The Kier molecular flexibility index (Phi) is 6.10. The quantitative estimate of drug-likeness (QED) is 0.847. The van der Waals surface area contributed by atoms with Gasteiger partial charge >= 0.3 is 0 Å². The number of piperazine rings is 1. The number of nitrogens with one attached hydrogen (secondary N) is 1. The summed E-state index contributed by atoms with van der Waals surface area (Å²) in [6, 6.07) is 17.4. The number of benzene rings is 2. The van der Waals surface area contributed by atoms with E-state index in [1.165, 1.54) is 0 Å². The van der Waals surface area contributed by atoms with Crippen molar-refractivity contribution < 1.29 is 14.3 Å². The van der Waals surface area contributed by atoms with Gasteiger partial charge in [-0.1, -0.05) is 36.4 Å². The van der Waals surface area contributed by atoms with Gasteiger partial charge in [-0.15, -0.1) is 0 Å². The Labute approximate surface area is 171 Å². The average Bonchev–Trinajstić information content (AvgIpc) is 2.78. The fourth-order valence-electron chi connectivity index (χ4n) is 4.04. The number of ether oxygens (including phenoxy) is 1. The maximum Gasteiger partial charge on any atom is 0.254 e. The normalized spacial score (nSPS) is 19.9. The van der Waals surface area contributed by atoms with E-state index in [2.05, 4.69) is 5.32 Å². The van der Waals surface area contributed by atoms with E-state index in [1.807, 2.05) is 64.4 Å². The van der Waals surface area contributed by atoms with Gasteiger partial charge in [-0.05, 0) is 36.6 Å². The zero-order valence-electron chi connectivity index (χ0n) is 16.5. The van der Waals surface area contributed by atoms with E-state index in [4.69, 9.17) is 4.74 Å². The van der Waals surface area contributed by atoms with Crippen molar-refractivity contribution in [2.24, 2.45) is 0 Å². The van der Waals surface area contributed by atoms with Crippen molar-refractivity contribution in [3.05, 3.63) is 65.7 Å². The van der Waals surface area contributed by atoms with Crippen molar-refractivity contribution in [3.8, 4) is 5.75 Å². The van der Waals surface area contributed by atoms with Crippen molar-refractivity contribution in [2.75, 3.05) is 32.7 Å². The number of nitrogens with zero attached hydrogens (tertiary/aromatic N) is 2. The Hall–Kier alpha value is -2.86. The Bertz CT molecular complexity index is 855. The fraction of sp³-hybridized carbons (Fsp3) is 0.391. The third-order valence-corrected chi connectivity index (χ3v) is 5.58. The second-order valence-electron chi connectivity index (χ2n) is 7.61. The number of piperidine rings is 1.